The van der Waals surface area contributed by atoms with E-state index in [0.29, 0.717) is 0 Å². The molecule has 2 heterocycles. The van der Waals surface area contributed by atoms with E-state index < -0.39 is 0 Å². The Morgan fingerprint density at radius 3 is 2.17 bits per heavy atom. The van der Waals surface area contributed by atoms with E-state index in [1.165, 1.54) is 18.4 Å². The summed E-state index contributed by atoms with van der Waals surface area (Å²) >= 11 is 0. The summed E-state index contributed by atoms with van der Waals surface area (Å²) in [5.74, 6) is 1.23. The molecule has 0 aromatic heterocycles. The van der Waals surface area contributed by atoms with Crippen LogP contribution in [0.3, 0.4) is 0 Å². The Kier molecular flexibility index (Phi) is 9.88. The lowest BCUT2D eigenvalue weighted by atomic mass is 9.84. The topological polar surface area (TPSA) is 41.6 Å². The van der Waals surface area contributed by atoms with Gasteiger partial charge in [0, 0.05) is 18.7 Å². The quantitative estimate of drug-likeness (QED) is 0.744. The second kappa shape index (κ2) is 12.4. The lowest BCUT2D eigenvalue weighted by Crippen LogP contribution is -2.48. The van der Waals surface area contributed by atoms with Crippen molar-refractivity contribution in [2.24, 2.45) is 0 Å². The monoisotopic (exact) mass is 410 g/mol. The molecule has 2 aliphatic heterocycles. The molecule has 2 aromatic carbocycles. The summed E-state index contributed by atoms with van der Waals surface area (Å²) in [6.45, 7) is 11.7. The van der Waals surface area contributed by atoms with Gasteiger partial charge in [-0.3, -0.25) is 4.79 Å². The minimum absolute atomic E-state index is 0.116. The van der Waals surface area contributed by atoms with Crippen LogP contribution < -0.4 is 10.1 Å². The first-order chi connectivity index (χ1) is 14.7. The zero-order chi connectivity index (χ0) is 21.8. The standard InChI is InChI=1S/C13H17NO.C11H15NO.C2H6/c1-2-4-12-11(3-1)5-6-13(15-12)7-9-14-10-8-13;1-3-12(4-2)11(13)10-8-6-5-7-9-10;1-2/h1-4,14H,5-10H2;5-9H,3-4H2,1-2H3;1-2H3. The number of carbonyl (C=O) groups excluding carboxylic acids is 1. The molecule has 4 heteroatoms. The second-order valence-electron chi connectivity index (χ2n) is 7.49. The van der Waals surface area contributed by atoms with Crippen LogP contribution in [0.1, 0.15) is 62.9 Å². The third-order valence-electron chi connectivity index (χ3n) is 5.74. The summed E-state index contributed by atoms with van der Waals surface area (Å²) in [4.78, 5) is 13.5. The number of benzene rings is 2. The lowest BCUT2D eigenvalue weighted by molar-refractivity contribution is 0.0170. The first-order valence-electron chi connectivity index (χ1n) is 11.5. The van der Waals surface area contributed by atoms with Crippen LogP contribution in [0, 0.1) is 0 Å². The van der Waals surface area contributed by atoms with Gasteiger partial charge in [-0.1, -0.05) is 50.2 Å². The molecule has 4 nitrogen and oxygen atoms in total. The van der Waals surface area contributed by atoms with Gasteiger partial charge in [0.25, 0.3) is 5.91 Å². The van der Waals surface area contributed by atoms with Crippen LogP contribution >= 0.6 is 0 Å². The number of aryl methyl sites for hydroxylation is 1. The Bertz CT molecular complexity index is 751. The molecule has 1 saturated heterocycles. The van der Waals surface area contributed by atoms with Crippen LogP contribution in [-0.2, 0) is 6.42 Å². The normalized spacial score (nSPS) is 16.0. The largest absolute Gasteiger partial charge is 0.487 e. The highest BCUT2D eigenvalue weighted by Gasteiger charge is 2.37. The minimum Gasteiger partial charge on any atom is -0.487 e. The number of carbonyl (C=O) groups is 1. The van der Waals surface area contributed by atoms with Crippen molar-refractivity contribution in [3.8, 4) is 5.75 Å². The maximum atomic E-state index is 11.7. The van der Waals surface area contributed by atoms with Gasteiger partial charge in [-0.25, -0.2) is 0 Å². The fraction of sp³-hybridized carbons (Fsp3) is 0.500. The summed E-state index contributed by atoms with van der Waals surface area (Å²) in [5, 5.41) is 3.40. The Hall–Kier alpha value is -2.33. The molecule has 1 amide bonds. The number of amides is 1. The summed E-state index contributed by atoms with van der Waals surface area (Å²) < 4.78 is 6.22. The van der Waals surface area contributed by atoms with Crippen LogP contribution in [0.5, 0.6) is 5.75 Å². The van der Waals surface area contributed by atoms with E-state index in [2.05, 4.69) is 29.6 Å². The van der Waals surface area contributed by atoms with Crippen molar-refractivity contribution in [3.05, 3.63) is 65.7 Å². The predicted molar refractivity (Wildman–Crippen MR) is 125 cm³/mol. The number of ether oxygens (including phenoxy) is 1. The van der Waals surface area contributed by atoms with Gasteiger partial charge in [0.1, 0.15) is 11.4 Å². The summed E-state index contributed by atoms with van der Waals surface area (Å²) in [6.07, 6.45) is 4.67. The molecule has 30 heavy (non-hydrogen) atoms. The average Bonchev–Trinajstić information content (AvgIpc) is 2.82. The molecule has 1 N–H and O–H groups in total. The van der Waals surface area contributed by atoms with Gasteiger partial charge in [-0.2, -0.15) is 0 Å². The van der Waals surface area contributed by atoms with Crippen molar-refractivity contribution < 1.29 is 9.53 Å². The molecule has 0 saturated carbocycles. The molecule has 1 fully saturated rings. The third-order valence-corrected chi connectivity index (χ3v) is 5.74. The van der Waals surface area contributed by atoms with Gasteiger partial charge in [0.15, 0.2) is 0 Å². The van der Waals surface area contributed by atoms with Crippen molar-refractivity contribution >= 4 is 5.91 Å². The molecule has 0 radical (unpaired) electrons. The molecule has 1 spiro atoms. The fourth-order valence-corrected chi connectivity index (χ4v) is 3.97. The van der Waals surface area contributed by atoms with E-state index in [4.69, 9.17) is 4.74 Å². The molecular formula is C26H38N2O2. The van der Waals surface area contributed by atoms with Gasteiger partial charge >= 0.3 is 0 Å². The van der Waals surface area contributed by atoms with E-state index in [9.17, 15) is 4.79 Å². The Morgan fingerprint density at radius 1 is 0.933 bits per heavy atom. The summed E-state index contributed by atoms with van der Waals surface area (Å²) in [7, 11) is 0. The van der Waals surface area contributed by atoms with Crippen molar-refractivity contribution in [2.45, 2.75) is 59.0 Å². The highest BCUT2D eigenvalue weighted by Crippen LogP contribution is 2.37. The molecule has 4 rings (SSSR count). The Morgan fingerprint density at radius 2 is 1.53 bits per heavy atom. The van der Waals surface area contributed by atoms with Crippen LogP contribution in [0.2, 0.25) is 0 Å². The van der Waals surface area contributed by atoms with Crippen molar-refractivity contribution in [1.82, 2.24) is 10.2 Å². The van der Waals surface area contributed by atoms with Crippen molar-refractivity contribution in [3.63, 3.8) is 0 Å². The Labute approximate surface area is 182 Å². The number of fused-ring (bicyclic) bond motifs is 1. The van der Waals surface area contributed by atoms with Crippen molar-refractivity contribution in [1.29, 1.82) is 0 Å². The third kappa shape index (κ3) is 6.33. The molecule has 2 aromatic rings. The lowest BCUT2D eigenvalue weighted by Gasteiger charge is -2.41. The second-order valence-corrected chi connectivity index (χ2v) is 7.49. The van der Waals surface area contributed by atoms with Gasteiger partial charge in [0.05, 0.1) is 0 Å². The number of nitrogens with one attached hydrogen (secondary N) is 1. The predicted octanol–water partition coefficient (Wildman–Crippen LogP) is 5.33. The van der Waals surface area contributed by atoms with Gasteiger partial charge in [-0.05, 0) is 76.4 Å². The Balaban J connectivity index is 0.000000200. The fourth-order valence-electron chi connectivity index (χ4n) is 3.97. The zero-order valence-electron chi connectivity index (χ0n) is 19.1. The average molecular weight is 411 g/mol. The van der Waals surface area contributed by atoms with Gasteiger partial charge < -0.3 is 15.0 Å². The molecule has 0 unspecified atom stereocenters. The number of para-hydroxylation sites is 1. The molecule has 0 bridgehead atoms. The highest BCUT2D eigenvalue weighted by atomic mass is 16.5. The van der Waals surface area contributed by atoms with Crippen LogP contribution in [0.4, 0.5) is 0 Å². The van der Waals surface area contributed by atoms with Crippen LogP contribution in [0.25, 0.3) is 0 Å². The highest BCUT2D eigenvalue weighted by molar-refractivity contribution is 5.94. The maximum absolute atomic E-state index is 11.7. The molecule has 2 aliphatic rings. The molecule has 0 atom stereocenters. The van der Waals surface area contributed by atoms with E-state index in [0.717, 1.165) is 50.3 Å². The number of hydrogen-bond acceptors (Lipinski definition) is 3. The van der Waals surface area contributed by atoms with Gasteiger partial charge in [0.2, 0.25) is 0 Å². The van der Waals surface area contributed by atoms with Gasteiger partial charge in [-0.15, -0.1) is 0 Å². The number of piperidine rings is 1. The SMILES string of the molecule is CC.CCN(CC)C(=O)c1ccccc1.c1ccc2c(c1)CCC1(CCNCC1)O2. The van der Waals surface area contributed by atoms with E-state index in [-0.39, 0.29) is 11.5 Å². The minimum atomic E-state index is 0.116. The van der Waals surface area contributed by atoms with E-state index >= 15 is 0 Å². The van der Waals surface area contributed by atoms with E-state index in [1.807, 2.05) is 62.9 Å². The first-order valence-corrected chi connectivity index (χ1v) is 11.5. The van der Waals surface area contributed by atoms with Crippen LogP contribution in [0.15, 0.2) is 54.6 Å². The summed E-state index contributed by atoms with van der Waals surface area (Å²) in [6, 6.07) is 17.8. The zero-order valence-corrected chi connectivity index (χ0v) is 19.1. The first kappa shape index (κ1) is 23.9. The van der Waals surface area contributed by atoms with E-state index in [1.54, 1.807) is 0 Å². The summed E-state index contributed by atoms with van der Waals surface area (Å²) in [5.41, 5.74) is 2.28. The maximum Gasteiger partial charge on any atom is 0.253 e. The molecular weight excluding hydrogens is 372 g/mol. The molecule has 0 aliphatic carbocycles. The number of nitrogens with zero attached hydrogens (tertiary/aromatic N) is 1. The van der Waals surface area contributed by atoms with Crippen LogP contribution in [-0.4, -0.2) is 42.6 Å². The smallest absolute Gasteiger partial charge is 0.253 e. The van der Waals surface area contributed by atoms with Crippen molar-refractivity contribution in [2.75, 3.05) is 26.2 Å². The number of hydrogen-bond donors (Lipinski definition) is 1. The number of rotatable bonds is 3. The molecule has 164 valence electrons.